The molecular weight excluding hydrogens is 212 g/mol. The summed E-state index contributed by atoms with van der Waals surface area (Å²) in [6, 6.07) is -0.0956. The van der Waals surface area contributed by atoms with Crippen molar-refractivity contribution in [2.75, 3.05) is 0 Å². The van der Waals surface area contributed by atoms with Crippen LogP contribution in [0.4, 0.5) is 0 Å². The molecule has 6 nitrogen and oxygen atoms in total. The topological polar surface area (TPSA) is 82.5 Å². The molecule has 2 aromatic rings. The highest BCUT2D eigenvalue weighted by molar-refractivity contribution is 7.09. The molecule has 2 rings (SSSR count). The van der Waals surface area contributed by atoms with Crippen LogP contribution in [-0.2, 0) is 13.5 Å². The van der Waals surface area contributed by atoms with E-state index in [4.69, 9.17) is 5.73 Å². The lowest BCUT2D eigenvalue weighted by Crippen LogP contribution is -2.14. The maximum absolute atomic E-state index is 6.03. The predicted octanol–water partition coefficient (Wildman–Crippen LogP) is 0.218. The van der Waals surface area contributed by atoms with E-state index in [2.05, 4.69) is 20.4 Å². The number of nitrogens with zero attached hydrogens (tertiary/aromatic N) is 5. The average molecular weight is 224 g/mol. The predicted molar refractivity (Wildman–Crippen MR) is 56.3 cm³/mol. The largest absolute Gasteiger partial charge is 0.323 e. The van der Waals surface area contributed by atoms with Crippen molar-refractivity contribution >= 4 is 11.3 Å². The van der Waals surface area contributed by atoms with Crippen molar-refractivity contribution in [1.29, 1.82) is 0 Å². The van der Waals surface area contributed by atoms with Gasteiger partial charge in [-0.2, -0.15) is 4.80 Å². The smallest absolute Gasteiger partial charge is 0.176 e. The molecule has 80 valence electrons. The molecule has 7 heteroatoms. The molecule has 0 bridgehead atoms. The molecule has 1 atom stereocenters. The highest BCUT2D eigenvalue weighted by atomic mass is 32.1. The highest BCUT2D eigenvalue weighted by Crippen LogP contribution is 2.21. The minimum Gasteiger partial charge on any atom is -0.323 e. The summed E-state index contributed by atoms with van der Waals surface area (Å²) < 4.78 is 0. The molecule has 0 saturated heterocycles. The van der Waals surface area contributed by atoms with Crippen LogP contribution in [0.3, 0.4) is 0 Å². The van der Waals surface area contributed by atoms with Gasteiger partial charge in [0.1, 0.15) is 0 Å². The Morgan fingerprint density at radius 1 is 1.60 bits per heavy atom. The third-order valence-electron chi connectivity index (χ3n) is 2.07. The van der Waals surface area contributed by atoms with Crippen molar-refractivity contribution < 1.29 is 0 Å². The van der Waals surface area contributed by atoms with Gasteiger partial charge in [0, 0.05) is 17.3 Å². The van der Waals surface area contributed by atoms with E-state index in [-0.39, 0.29) is 6.04 Å². The van der Waals surface area contributed by atoms with Crippen molar-refractivity contribution in [1.82, 2.24) is 25.2 Å². The maximum Gasteiger partial charge on any atom is 0.176 e. The Hall–Kier alpha value is -1.34. The van der Waals surface area contributed by atoms with Crippen LogP contribution >= 0.6 is 11.3 Å². The summed E-state index contributed by atoms with van der Waals surface area (Å²) in [5, 5.41) is 11.8. The van der Waals surface area contributed by atoms with Crippen LogP contribution in [0, 0.1) is 6.92 Å². The van der Waals surface area contributed by atoms with Crippen LogP contribution in [0.5, 0.6) is 0 Å². The molecule has 15 heavy (non-hydrogen) atoms. The number of thiazole rings is 1. The van der Waals surface area contributed by atoms with Gasteiger partial charge in [-0.1, -0.05) is 0 Å². The Morgan fingerprint density at radius 3 is 2.93 bits per heavy atom. The third-order valence-corrected chi connectivity index (χ3v) is 3.13. The van der Waals surface area contributed by atoms with E-state index in [1.165, 1.54) is 4.80 Å². The minimum atomic E-state index is -0.0956. The SMILES string of the molecule is Cc1ncsc1C(N)Cc1nnn(C)n1. The number of hydrogen-bond donors (Lipinski definition) is 1. The van der Waals surface area contributed by atoms with Crippen LogP contribution in [-0.4, -0.2) is 25.2 Å². The molecule has 2 heterocycles. The number of rotatable bonds is 3. The van der Waals surface area contributed by atoms with E-state index in [0.717, 1.165) is 10.6 Å². The summed E-state index contributed by atoms with van der Waals surface area (Å²) in [5.74, 6) is 0.665. The van der Waals surface area contributed by atoms with Gasteiger partial charge in [-0.25, -0.2) is 4.98 Å². The lowest BCUT2D eigenvalue weighted by Gasteiger charge is -2.06. The van der Waals surface area contributed by atoms with E-state index >= 15 is 0 Å². The van der Waals surface area contributed by atoms with Crippen LogP contribution < -0.4 is 5.73 Å². The summed E-state index contributed by atoms with van der Waals surface area (Å²) in [5.41, 5.74) is 8.82. The lowest BCUT2D eigenvalue weighted by molar-refractivity contribution is 0.623. The van der Waals surface area contributed by atoms with E-state index in [1.54, 1.807) is 23.9 Å². The zero-order valence-electron chi connectivity index (χ0n) is 8.58. The monoisotopic (exact) mass is 224 g/mol. The Balaban J connectivity index is 2.10. The first-order valence-electron chi connectivity index (χ1n) is 4.55. The number of aromatic nitrogens is 5. The van der Waals surface area contributed by atoms with Crippen LogP contribution in [0.2, 0.25) is 0 Å². The molecule has 0 aliphatic heterocycles. The maximum atomic E-state index is 6.03. The molecule has 0 amide bonds. The lowest BCUT2D eigenvalue weighted by atomic mass is 10.1. The molecule has 0 fully saturated rings. The third kappa shape index (κ3) is 2.18. The van der Waals surface area contributed by atoms with E-state index in [0.29, 0.717) is 12.2 Å². The average Bonchev–Trinajstić information content (AvgIpc) is 2.75. The van der Waals surface area contributed by atoms with E-state index in [1.807, 2.05) is 6.92 Å². The fourth-order valence-electron chi connectivity index (χ4n) is 1.36. The van der Waals surface area contributed by atoms with Crippen molar-refractivity contribution in [3.05, 3.63) is 21.9 Å². The Morgan fingerprint density at radius 2 is 2.40 bits per heavy atom. The normalized spacial score (nSPS) is 13.0. The number of aryl methyl sites for hydroxylation is 2. The van der Waals surface area contributed by atoms with Crippen molar-refractivity contribution in [2.24, 2.45) is 12.8 Å². The molecular formula is C8H12N6S. The summed E-state index contributed by atoms with van der Waals surface area (Å²) in [6.45, 7) is 1.95. The van der Waals surface area contributed by atoms with Gasteiger partial charge in [-0.3, -0.25) is 0 Å². The number of tetrazole rings is 1. The van der Waals surface area contributed by atoms with Crippen molar-refractivity contribution in [2.45, 2.75) is 19.4 Å². The van der Waals surface area contributed by atoms with Gasteiger partial charge in [0.25, 0.3) is 0 Å². The zero-order chi connectivity index (χ0) is 10.8. The molecule has 0 spiro atoms. The van der Waals surface area contributed by atoms with Gasteiger partial charge in [0.2, 0.25) is 0 Å². The van der Waals surface area contributed by atoms with Crippen LogP contribution in [0.1, 0.15) is 22.4 Å². The highest BCUT2D eigenvalue weighted by Gasteiger charge is 2.14. The molecule has 0 radical (unpaired) electrons. The van der Waals surface area contributed by atoms with Gasteiger partial charge >= 0.3 is 0 Å². The molecule has 2 N–H and O–H groups in total. The molecule has 0 aliphatic rings. The summed E-state index contributed by atoms with van der Waals surface area (Å²) in [7, 11) is 1.74. The summed E-state index contributed by atoms with van der Waals surface area (Å²) in [6.07, 6.45) is 0.594. The quantitative estimate of drug-likeness (QED) is 0.806. The first kappa shape index (κ1) is 10.2. The summed E-state index contributed by atoms with van der Waals surface area (Å²) >= 11 is 1.56. The molecule has 0 aromatic carbocycles. The van der Waals surface area contributed by atoms with Gasteiger partial charge in [0.05, 0.1) is 18.3 Å². The second-order valence-corrected chi connectivity index (χ2v) is 4.19. The first-order chi connectivity index (χ1) is 7.16. The number of nitrogens with two attached hydrogens (primary N) is 1. The Bertz CT molecular complexity index is 447. The molecule has 0 aliphatic carbocycles. The van der Waals surface area contributed by atoms with Gasteiger partial charge in [-0.05, 0) is 12.1 Å². The fraction of sp³-hybridized carbons (Fsp3) is 0.500. The molecule has 2 aromatic heterocycles. The zero-order valence-corrected chi connectivity index (χ0v) is 9.40. The first-order valence-corrected chi connectivity index (χ1v) is 5.43. The van der Waals surface area contributed by atoms with Gasteiger partial charge in [0.15, 0.2) is 5.82 Å². The standard InChI is InChI=1S/C8H12N6S/c1-5-8(15-4-10-5)6(9)3-7-11-13-14(2)12-7/h4,6H,3,9H2,1-2H3. The van der Waals surface area contributed by atoms with Crippen molar-refractivity contribution in [3.63, 3.8) is 0 Å². The van der Waals surface area contributed by atoms with E-state index in [9.17, 15) is 0 Å². The fourth-order valence-corrected chi connectivity index (χ4v) is 2.17. The Kier molecular flexibility index (Phi) is 2.74. The second kappa shape index (κ2) is 4.03. The number of hydrogen-bond acceptors (Lipinski definition) is 6. The van der Waals surface area contributed by atoms with E-state index < -0.39 is 0 Å². The minimum absolute atomic E-state index is 0.0956. The van der Waals surface area contributed by atoms with Crippen LogP contribution in [0.25, 0.3) is 0 Å². The molecule has 1 unspecified atom stereocenters. The van der Waals surface area contributed by atoms with Crippen LogP contribution in [0.15, 0.2) is 5.51 Å². The molecule has 0 saturated carbocycles. The van der Waals surface area contributed by atoms with Crippen molar-refractivity contribution in [3.8, 4) is 0 Å². The van der Waals surface area contributed by atoms with Gasteiger partial charge in [-0.15, -0.1) is 21.5 Å². The second-order valence-electron chi connectivity index (χ2n) is 3.31. The Labute approximate surface area is 91.1 Å². The summed E-state index contributed by atoms with van der Waals surface area (Å²) in [4.78, 5) is 6.68. The van der Waals surface area contributed by atoms with Gasteiger partial charge < -0.3 is 5.73 Å².